The van der Waals surface area contributed by atoms with Gasteiger partial charge in [0, 0.05) is 72.2 Å². The molecule has 11 heteroatoms. The van der Waals surface area contributed by atoms with Crippen LogP contribution in [0.2, 0.25) is 0 Å². The number of amides is 1. The molecule has 5 N–H and O–H groups in total. The molecule has 0 radical (unpaired) electrons. The number of hydrogen-bond acceptors (Lipinski definition) is 10. The molecule has 0 spiro atoms. The number of aryl methyl sites for hydroxylation is 1. The number of ether oxygens (including phenoxy) is 1. The second-order valence-electron chi connectivity index (χ2n) is 17.8. The van der Waals surface area contributed by atoms with Gasteiger partial charge in [-0.2, -0.15) is 0 Å². The number of hydrogen-bond donors (Lipinski definition) is 4. The van der Waals surface area contributed by atoms with Gasteiger partial charge in [-0.05, 0) is 121 Å². The lowest BCUT2D eigenvalue weighted by molar-refractivity contribution is -0.144. The fraction of sp³-hybridized carbons (Fsp3) is 0.580. The van der Waals surface area contributed by atoms with Crippen LogP contribution in [-0.4, -0.2) is 52.9 Å². The number of benzene rings is 1. The average Bonchev–Trinajstić information content (AvgIpc) is 3.40. The number of carbonyl (C=O) groups is 4. The number of aliphatic hydroxyl groups excluding tert-OH is 2. The molecule has 4 unspecified atom stereocenters. The van der Waals surface area contributed by atoms with E-state index in [1.165, 1.54) is 11.1 Å². The standard InChI is InChI=1S/C50H70N2O9/c1-32-15-14-16-33(2)26-27-50(6)41(24-21-34(3)42(54)25-20-32)46(47(57)48(50)58)35(4)31-60-45(56)19-12-9-13-28-52-44(55)18-11-8-7-10-17-38(53)30-40-36(5)39-23-22-37(51)29-43(39)61-49(40)59/h15,21-23,26,29,35,41-42,54,57H,7-14,16-20,24-25,27-28,30-31,51H2,1-6H3,(H,52,55)/b32-15-,33-26+,34-21+. The van der Waals surface area contributed by atoms with Crippen LogP contribution in [0.3, 0.4) is 0 Å². The normalized spacial score (nSPS) is 23.4. The summed E-state index contributed by atoms with van der Waals surface area (Å²) >= 11 is 0. The number of nitrogens with two attached hydrogens (primary N) is 1. The van der Waals surface area contributed by atoms with Gasteiger partial charge in [-0.3, -0.25) is 19.2 Å². The molecule has 0 saturated heterocycles. The van der Waals surface area contributed by atoms with Crippen molar-refractivity contribution < 1.29 is 38.5 Å². The van der Waals surface area contributed by atoms with E-state index in [9.17, 15) is 34.2 Å². The minimum absolute atomic E-state index is 0.0165. The van der Waals surface area contributed by atoms with Gasteiger partial charge in [-0.25, -0.2) is 4.79 Å². The van der Waals surface area contributed by atoms with Crippen molar-refractivity contribution in [1.29, 1.82) is 0 Å². The van der Waals surface area contributed by atoms with Crippen LogP contribution in [-0.2, 0) is 30.3 Å². The fourth-order valence-electron chi connectivity index (χ4n) is 8.56. The van der Waals surface area contributed by atoms with Crippen molar-refractivity contribution in [3.63, 3.8) is 0 Å². The van der Waals surface area contributed by atoms with Crippen LogP contribution in [0.5, 0.6) is 0 Å². The number of allylic oxidation sites excluding steroid dienone is 6. The van der Waals surface area contributed by atoms with Crippen LogP contribution in [0.15, 0.2) is 73.7 Å². The fourth-order valence-corrected chi connectivity index (χ4v) is 8.56. The minimum atomic E-state index is -0.858. The van der Waals surface area contributed by atoms with E-state index >= 15 is 0 Å². The van der Waals surface area contributed by atoms with Gasteiger partial charge in [0.15, 0.2) is 5.76 Å². The lowest BCUT2D eigenvalue weighted by Gasteiger charge is -2.32. The predicted octanol–water partition coefficient (Wildman–Crippen LogP) is 9.56. The van der Waals surface area contributed by atoms with Crippen molar-refractivity contribution in [1.82, 2.24) is 5.32 Å². The average molecular weight is 843 g/mol. The molecule has 2 aliphatic carbocycles. The Kier molecular flexibility index (Phi) is 18.8. The van der Waals surface area contributed by atoms with Crippen molar-refractivity contribution in [2.24, 2.45) is 17.3 Å². The summed E-state index contributed by atoms with van der Waals surface area (Å²) in [7, 11) is 0. The Labute approximate surface area is 362 Å². The second kappa shape index (κ2) is 23.4. The molecule has 1 aromatic carbocycles. The zero-order valence-electron chi connectivity index (χ0n) is 37.5. The summed E-state index contributed by atoms with van der Waals surface area (Å²) < 4.78 is 11.1. The molecule has 1 heterocycles. The van der Waals surface area contributed by atoms with Crippen LogP contribution in [0, 0.1) is 24.2 Å². The molecule has 0 bridgehead atoms. The lowest BCUT2D eigenvalue weighted by Crippen LogP contribution is -2.32. The molecule has 334 valence electrons. The summed E-state index contributed by atoms with van der Waals surface area (Å²) in [5.74, 6) is -1.56. The second-order valence-corrected chi connectivity index (χ2v) is 17.8. The molecule has 2 aliphatic rings. The number of aliphatic hydroxyl groups is 2. The molecule has 0 fully saturated rings. The number of anilines is 1. The van der Waals surface area contributed by atoms with E-state index in [1.807, 2.05) is 33.8 Å². The van der Waals surface area contributed by atoms with Crippen LogP contribution in [0.4, 0.5) is 5.69 Å². The van der Waals surface area contributed by atoms with Crippen molar-refractivity contribution in [3.8, 4) is 0 Å². The topological polar surface area (TPSA) is 186 Å². The smallest absolute Gasteiger partial charge is 0.340 e. The molecular weight excluding hydrogens is 773 g/mol. The summed E-state index contributed by atoms with van der Waals surface area (Å²) in [5, 5.41) is 25.8. The van der Waals surface area contributed by atoms with Gasteiger partial charge in [-0.15, -0.1) is 0 Å². The number of nitrogen functional groups attached to an aromatic ring is 1. The molecule has 1 aromatic heterocycles. The van der Waals surface area contributed by atoms with E-state index in [4.69, 9.17) is 14.9 Å². The van der Waals surface area contributed by atoms with E-state index in [1.54, 1.807) is 18.2 Å². The van der Waals surface area contributed by atoms with Gasteiger partial charge >= 0.3 is 11.6 Å². The highest BCUT2D eigenvalue weighted by Gasteiger charge is 2.51. The quantitative estimate of drug-likeness (QED) is 0.0370. The third kappa shape index (κ3) is 14.1. The first-order valence-electron chi connectivity index (χ1n) is 22.4. The van der Waals surface area contributed by atoms with E-state index < -0.39 is 17.1 Å². The number of carbonyl (C=O) groups excluding carboxylic acids is 4. The van der Waals surface area contributed by atoms with Gasteiger partial charge in [-0.1, -0.05) is 62.5 Å². The monoisotopic (exact) mass is 843 g/mol. The van der Waals surface area contributed by atoms with E-state index in [0.29, 0.717) is 73.9 Å². The Morgan fingerprint density at radius 3 is 2.38 bits per heavy atom. The number of fused-ring (bicyclic) bond motifs is 2. The zero-order valence-corrected chi connectivity index (χ0v) is 37.5. The van der Waals surface area contributed by atoms with Gasteiger partial charge in [0.25, 0.3) is 0 Å². The zero-order chi connectivity index (χ0) is 44.7. The summed E-state index contributed by atoms with van der Waals surface area (Å²) in [6.45, 7) is 12.3. The largest absolute Gasteiger partial charge is 0.504 e. The maximum absolute atomic E-state index is 13.7. The third-order valence-electron chi connectivity index (χ3n) is 12.8. The minimum Gasteiger partial charge on any atom is -0.504 e. The Morgan fingerprint density at radius 1 is 0.934 bits per heavy atom. The number of unbranched alkanes of at least 4 members (excludes halogenated alkanes) is 5. The van der Waals surface area contributed by atoms with Crippen molar-refractivity contribution >= 4 is 40.1 Å². The van der Waals surface area contributed by atoms with Crippen molar-refractivity contribution in [3.05, 3.63) is 86.0 Å². The van der Waals surface area contributed by atoms with Gasteiger partial charge < -0.3 is 30.4 Å². The third-order valence-corrected chi connectivity index (χ3v) is 12.8. The summed E-state index contributed by atoms with van der Waals surface area (Å²) in [6, 6.07) is 5.15. The van der Waals surface area contributed by atoms with Crippen LogP contribution >= 0.6 is 0 Å². The number of nitrogens with one attached hydrogen (secondary N) is 1. The van der Waals surface area contributed by atoms with Gasteiger partial charge in [0.2, 0.25) is 11.7 Å². The summed E-state index contributed by atoms with van der Waals surface area (Å²) in [5.41, 5.74) is 10.4. The maximum atomic E-state index is 13.7. The van der Waals surface area contributed by atoms with E-state index in [2.05, 4.69) is 31.3 Å². The van der Waals surface area contributed by atoms with E-state index in [-0.39, 0.29) is 60.5 Å². The molecular formula is C50H70N2O9. The van der Waals surface area contributed by atoms with Gasteiger partial charge in [0.05, 0.1) is 12.7 Å². The molecule has 1 amide bonds. The Morgan fingerprint density at radius 2 is 1.62 bits per heavy atom. The lowest BCUT2D eigenvalue weighted by atomic mass is 9.70. The SMILES string of the molecule is C/C1=C/CC/C(C)=C/CC2(C)C(=O)C(O)=C(C(C)COC(=O)CCCCCNC(=O)CCCCCCC(=O)Cc3c(C)c4ccc(N)cc4oc3=O)C2C/C=C(\C)C(O)CC1. The Bertz CT molecular complexity index is 2070. The number of ketones is 2. The molecule has 0 aliphatic heterocycles. The molecule has 4 rings (SSSR count). The van der Waals surface area contributed by atoms with Crippen molar-refractivity contribution in [2.75, 3.05) is 18.9 Å². The van der Waals surface area contributed by atoms with Gasteiger partial charge in [0.1, 0.15) is 11.4 Å². The van der Waals surface area contributed by atoms with Crippen molar-refractivity contribution in [2.45, 2.75) is 157 Å². The number of rotatable bonds is 18. The van der Waals surface area contributed by atoms with Crippen LogP contribution < -0.4 is 16.7 Å². The number of Topliss-reactive ketones (excluding diaryl/α,β-unsaturated/α-hetero) is 2. The molecule has 0 saturated carbocycles. The van der Waals surface area contributed by atoms with Crippen LogP contribution in [0.25, 0.3) is 11.0 Å². The first-order valence-corrected chi connectivity index (χ1v) is 22.4. The highest BCUT2D eigenvalue weighted by atomic mass is 16.5. The molecule has 61 heavy (non-hydrogen) atoms. The maximum Gasteiger partial charge on any atom is 0.340 e. The van der Waals surface area contributed by atoms with Crippen LogP contribution in [0.1, 0.15) is 148 Å². The molecule has 2 aromatic rings. The molecule has 11 nitrogen and oxygen atoms in total. The summed E-state index contributed by atoms with van der Waals surface area (Å²) in [4.78, 5) is 64.0. The highest BCUT2D eigenvalue weighted by molar-refractivity contribution is 6.02. The Hall–Kier alpha value is -4.77. The predicted molar refractivity (Wildman–Crippen MR) is 241 cm³/mol. The molecule has 4 atom stereocenters. The highest BCUT2D eigenvalue weighted by Crippen LogP contribution is 2.51. The van der Waals surface area contributed by atoms with E-state index in [0.717, 1.165) is 67.9 Å². The number of esters is 1. The Balaban J connectivity index is 1.12. The summed E-state index contributed by atoms with van der Waals surface area (Å²) in [6.07, 6.45) is 16.1. The first-order chi connectivity index (χ1) is 29.0. The first kappa shape index (κ1) is 48.9.